The number of nitrogens with zero attached hydrogens (tertiary/aromatic N) is 1. The number of rotatable bonds is 6. The third-order valence-electron chi connectivity index (χ3n) is 2.85. The fourth-order valence-corrected chi connectivity index (χ4v) is 1.98. The van der Waals surface area contributed by atoms with Gasteiger partial charge in [-0.05, 0) is 30.4 Å². The van der Waals surface area contributed by atoms with Crippen molar-refractivity contribution in [3.63, 3.8) is 0 Å². The fourth-order valence-electron chi connectivity index (χ4n) is 1.98. The highest BCUT2D eigenvalue weighted by molar-refractivity contribution is 5.88. The number of carboxylic acid groups (broad SMARTS) is 1. The van der Waals surface area contributed by atoms with Gasteiger partial charge in [-0.3, -0.25) is 0 Å². The zero-order valence-corrected chi connectivity index (χ0v) is 12.6. The average Bonchev–Trinajstić information content (AvgIpc) is 2.33. The molecule has 5 nitrogen and oxygen atoms in total. The Kier molecular flexibility index (Phi) is 5.51. The standard InChI is InChI=1S/C15H24N2O3/c1-5-11-6-10(14(19)20)7-13(17-11)16-9-12(18)8-15(2,3)4/h6-7,12,18H,5,8-9H2,1-4H3,(H,16,17)(H,19,20). The Morgan fingerprint density at radius 1 is 1.40 bits per heavy atom. The van der Waals surface area contributed by atoms with Crippen LogP contribution in [0.5, 0.6) is 0 Å². The molecule has 0 saturated heterocycles. The van der Waals surface area contributed by atoms with Crippen LogP contribution in [-0.2, 0) is 6.42 Å². The number of aromatic carboxylic acids is 1. The summed E-state index contributed by atoms with van der Waals surface area (Å²) in [6.07, 6.45) is 0.843. The van der Waals surface area contributed by atoms with E-state index in [1.54, 1.807) is 6.07 Å². The number of anilines is 1. The van der Waals surface area contributed by atoms with Gasteiger partial charge in [-0.15, -0.1) is 0 Å². The summed E-state index contributed by atoms with van der Waals surface area (Å²) < 4.78 is 0. The molecule has 0 fully saturated rings. The fraction of sp³-hybridized carbons (Fsp3) is 0.600. The van der Waals surface area contributed by atoms with E-state index in [9.17, 15) is 9.90 Å². The van der Waals surface area contributed by atoms with Gasteiger partial charge in [-0.25, -0.2) is 9.78 Å². The number of hydrogen-bond donors (Lipinski definition) is 3. The van der Waals surface area contributed by atoms with Crippen LogP contribution in [0.4, 0.5) is 5.82 Å². The molecule has 0 aliphatic carbocycles. The minimum atomic E-state index is -0.972. The van der Waals surface area contributed by atoms with E-state index in [0.717, 1.165) is 5.69 Å². The Morgan fingerprint density at radius 2 is 2.05 bits per heavy atom. The Hall–Kier alpha value is -1.62. The highest BCUT2D eigenvalue weighted by Crippen LogP contribution is 2.21. The number of aliphatic hydroxyl groups is 1. The Labute approximate surface area is 120 Å². The van der Waals surface area contributed by atoms with Crippen molar-refractivity contribution in [1.82, 2.24) is 4.98 Å². The van der Waals surface area contributed by atoms with E-state index < -0.39 is 12.1 Å². The molecule has 0 amide bonds. The average molecular weight is 280 g/mol. The van der Waals surface area contributed by atoms with Gasteiger partial charge in [0.05, 0.1) is 11.7 Å². The second kappa shape index (κ2) is 6.70. The number of carboxylic acids is 1. The summed E-state index contributed by atoms with van der Waals surface area (Å²) in [5, 5.41) is 22.0. The lowest BCUT2D eigenvalue weighted by molar-refractivity contribution is 0.0696. The largest absolute Gasteiger partial charge is 0.478 e. The summed E-state index contributed by atoms with van der Waals surface area (Å²) in [6.45, 7) is 8.47. The molecule has 0 bridgehead atoms. The molecule has 0 aliphatic rings. The first-order chi connectivity index (χ1) is 9.21. The predicted octanol–water partition coefficient (Wildman–Crippen LogP) is 2.55. The summed E-state index contributed by atoms with van der Waals surface area (Å²) in [5.41, 5.74) is 0.980. The number of aryl methyl sites for hydroxylation is 1. The van der Waals surface area contributed by atoms with Crippen molar-refractivity contribution in [3.8, 4) is 0 Å². The minimum Gasteiger partial charge on any atom is -0.478 e. The van der Waals surface area contributed by atoms with Gasteiger partial charge in [0.1, 0.15) is 5.82 Å². The van der Waals surface area contributed by atoms with Gasteiger partial charge < -0.3 is 15.5 Å². The number of nitrogens with one attached hydrogen (secondary N) is 1. The van der Waals surface area contributed by atoms with Crippen molar-refractivity contribution in [1.29, 1.82) is 0 Å². The van der Waals surface area contributed by atoms with Crippen molar-refractivity contribution in [2.45, 2.75) is 46.6 Å². The van der Waals surface area contributed by atoms with Gasteiger partial charge in [0.15, 0.2) is 0 Å². The summed E-state index contributed by atoms with van der Waals surface area (Å²) in [7, 11) is 0. The van der Waals surface area contributed by atoms with E-state index in [-0.39, 0.29) is 11.0 Å². The van der Waals surface area contributed by atoms with E-state index in [1.807, 2.05) is 6.92 Å². The summed E-state index contributed by atoms with van der Waals surface area (Å²) in [4.78, 5) is 15.4. The molecule has 1 rings (SSSR count). The minimum absolute atomic E-state index is 0.0476. The van der Waals surface area contributed by atoms with Crippen LogP contribution in [-0.4, -0.2) is 33.8 Å². The maximum atomic E-state index is 11.0. The van der Waals surface area contributed by atoms with Crippen LogP contribution < -0.4 is 5.32 Å². The third-order valence-corrected chi connectivity index (χ3v) is 2.85. The highest BCUT2D eigenvalue weighted by atomic mass is 16.4. The lowest BCUT2D eigenvalue weighted by Gasteiger charge is -2.22. The molecule has 20 heavy (non-hydrogen) atoms. The van der Waals surface area contributed by atoms with Crippen molar-refractivity contribution >= 4 is 11.8 Å². The molecule has 0 saturated carbocycles. The first-order valence-electron chi connectivity index (χ1n) is 6.87. The normalized spacial score (nSPS) is 13.1. The zero-order chi connectivity index (χ0) is 15.3. The molecule has 1 unspecified atom stereocenters. The molecule has 0 spiro atoms. The highest BCUT2D eigenvalue weighted by Gasteiger charge is 2.17. The Balaban J connectivity index is 2.72. The van der Waals surface area contributed by atoms with Crippen LogP contribution in [0.3, 0.4) is 0 Å². The van der Waals surface area contributed by atoms with Crippen LogP contribution in [0.25, 0.3) is 0 Å². The van der Waals surface area contributed by atoms with Crippen molar-refractivity contribution in [3.05, 3.63) is 23.4 Å². The molecule has 112 valence electrons. The maximum Gasteiger partial charge on any atom is 0.335 e. The number of aliphatic hydroxyl groups excluding tert-OH is 1. The molecule has 5 heteroatoms. The maximum absolute atomic E-state index is 11.0. The molecule has 0 radical (unpaired) electrons. The van der Waals surface area contributed by atoms with Gasteiger partial charge in [-0.1, -0.05) is 27.7 Å². The smallest absolute Gasteiger partial charge is 0.335 e. The van der Waals surface area contributed by atoms with Gasteiger partial charge >= 0.3 is 5.97 Å². The lowest BCUT2D eigenvalue weighted by atomic mass is 9.89. The van der Waals surface area contributed by atoms with Gasteiger partial charge in [0.25, 0.3) is 0 Å². The molecule has 3 N–H and O–H groups in total. The van der Waals surface area contributed by atoms with Crippen LogP contribution in [0.15, 0.2) is 12.1 Å². The van der Waals surface area contributed by atoms with Crippen LogP contribution in [0.2, 0.25) is 0 Å². The first kappa shape index (κ1) is 16.4. The predicted molar refractivity (Wildman–Crippen MR) is 79.1 cm³/mol. The zero-order valence-electron chi connectivity index (χ0n) is 12.6. The number of aromatic nitrogens is 1. The van der Waals surface area contributed by atoms with E-state index in [2.05, 4.69) is 31.1 Å². The SMILES string of the molecule is CCc1cc(C(=O)O)cc(NCC(O)CC(C)(C)C)n1. The summed E-state index contributed by atoms with van der Waals surface area (Å²) in [5.74, 6) is -0.477. The summed E-state index contributed by atoms with van der Waals surface area (Å²) >= 11 is 0. The topological polar surface area (TPSA) is 82.5 Å². The van der Waals surface area contributed by atoms with E-state index in [0.29, 0.717) is 25.2 Å². The van der Waals surface area contributed by atoms with E-state index in [1.165, 1.54) is 6.07 Å². The monoisotopic (exact) mass is 280 g/mol. The molecule has 1 atom stereocenters. The Bertz CT molecular complexity index is 467. The van der Waals surface area contributed by atoms with Crippen LogP contribution in [0.1, 0.15) is 50.2 Å². The van der Waals surface area contributed by atoms with Crippen LogP contribution in [0, 0.1) is 5.41 Å². The number of carbonyl (C=O) groups is 1. The van der Waals surface area contributed by atoms with Gasteiger partial charge in [0, 0.05) is 12.2 Å². The molecule has 1 aromatic heterocycles. The molecule has 0 aliphatic heterocycles. The number of pyridine rings is 1. The molecular weight excluding hydrogens is 256 g/mol. The second-order valence-corrected chi connectivity index (χ2v) is 6.19. The van der Waals surface area contributed by atoms with Crippen molar-refractivity contribution in [2.24, 2.45) is 5.41 Å². The first-order valence-corrected chi connectivity index (χ1v) is 6.87. The lowest BCUT2D eigenvalue weighted by Crippen LogP contribution is -2.25. The molecule has 1 aromatic rings. The third kappa shape index (κ3) is 5.57. The number of hydrogen-bond acceptors (Lipinski definition) is 4. The molecule has 0 aromatic carbocycles. The second-order valence-electron chi connectivity index (χ2n) is 6.19. The van der Waals surface area contributed by atoms with E-state index >= 15 is 0 Å². The van der Waals surface area contributed by atoms with E-state index in [4.69, 9.17) is 5.11 Å². The van der Waals surface area contributed by atoms with Crippen molar-refractivity contribution in [2.75, 3.05) is 11.9 Å². The van der Waals surface area contributed by atoms with Gasteiger partial charge in [-0.2, -0.15) is 0 Å². The quantitative estimate of drug-likeness (QED) is 0.746. The molecule has 1 heterocycles. The Morgan fingerprint density at radius 3 is 2.55 bits per heavy atom. The van der Waals surface area contributed by atoms with Crippen molar-refractivity contribution < 1.29 is 15.0 Å². The molecular formula is C15H24N2O3. The van der Waals surface area contributed by atoms with Crippen LogP contribution >= 0.6 is 0 Å². The summed E-state index contributed by atoms with van der Waals surface area (Å²) in [6, 6.07) is 3.06. The van der Waals surface area contributed by atoms with Gasteiger partial charge in [0.2, 0.25) is 0 Å².